The Morgan fingerprint density at radius 3 is 2.38 bits per heavy atom. The van der Waals surface area contributed by atoms with Gasteiger partial charge in [-0.3, -0.25) is 0 Å². The van der Waals surface area contributed by atoms with Gasteiger partial charge < -0.3 is 14.8 Å². The molecule has 0 unspecified atom stereocenters. The maximum absolute atomic E-state index is 4.08. The van der Waals surface area contributed by atoms with Gasteiger partial charge >= 0.3 is 0 Å². The molecule has 2 aromatic carbocycles. The summed E-state index contributed by atoms with van der Waals surface area (Å²) in [6.45, 7) is 2.71. The number of nitrogens with zero attached hydrogens (tertiary/aromatic N) is 3. The normalized spacial score (nSPS) is 11.1. The molecule has 0 aliphatic carbocycles. The van der Waals surface area contributed by atoms with Crippen molar-refractivity contribution in [2.24, 2.45) is 0 Å². The molecule has 0 amide bonds. The van der Waals surface area contributed by atoms with Gasteiger partial charge in [-0.05, 0) is 42.9 Å². The molecule has 0 aliphatic rings. The Bertz CT molecular complexity index is 746. The fraction of sp³-hybridized carbons (Fsp3) is 0.250. The van der Waals surface area contributed by atoms with Crippen LogP contribution in [0.15, 0.2) is 67.3 Å². The minimum atomic E-state index is 0.862. The van der Waals surface area contributed by atoms with Crippen LogP contribution in [0.4, 0.5) is 0 Å². The molecule has 1 heterocycles. The smallest absolute Gasteiger partial charge is 0.0991 e. The van der Waals surface area contributed by atoms with Crippen LogP contribution in [0.1, 0.15) is 16.7 Å². The van der Waals surface area contributed by atoms with Crippen LogP contribution in [0.2, 0.25) is 0 Å². The van der Waals surface area contributed by atoms with Gasteiger partial charge in [-0.15, -0.1) is 0 Å². The molecule has 4 nitrogen and oxygen atoms in total. The van der Waals surface area contributed by atoms with Crippen LogP contribution in [0.3, 0.4) is 0 Å². The first-order valence-corrected chi connectivity index (χ1v) is 8.22. The molecule has 3 aromatic rings. The molecule has 0 saturated heterocycles. The van der Waals surface area contributed by atoms with Crippen molar-refractivity contribution in [3.8, 4) is 5.69 Å². The second-order valence-corrected chi connectivity index (χ2v) is 6.25. The zero-order valence-corrected chi connectivity index (χ0v) is 14.3. The Morgan fingerprint density at radius 2 is 1.71 bits per heavy atom. The molecule has 4 heteroatoms. The molecule has 0 saturated carbocycles. The van der Waals surface area contributed by atoms with Crippen molar-refractivity contribution in [3.05, 3.63) is 83.9 Å². The highest BCUT2D eigenvalue weighted by molar-refractivity contribution is 5.34. The van der Waals surface area contributed by atoms with Crippen molar-refractivity contribution in [3.63, 3.8) is 0 Å². The van der Waals surface area contributed by atoms with E-state index in [0.717, 1.165) is 25.3 Å². The third kappa shape index (κ3) is 4.31. The van der Waals surface area contributed by atoms with Gasteiger partial charge in [-0.25, -0.2) is 4.98 Å². The van der Waals surface area contributed by atoms with Gasteiger partial charge in [0, 0.05) is 37.7 Å². The van der Waals surface area contributed by atoms with Crippen molar-refractivity contribution in [1.29, 1.82) is 0 Å². The highest BCUT2D eigenvalue weighted by atomic mass is 15.0. The molecule has 0 atom stereocenters. The summed E-state index contributed by atoms with van der Waals surface area (Å²) < 4.78 is 2.01. The van der Waals surface area contributed by atoms with E-state index in [1.54, 1.807) is 6.20 Å². The molecule has 0 radical (unpaired) electrons. The van der Waals surface area contributed by atoms with Crippen LogP contribution < -0.4 is 5.32 Å². The fourth-order valence-electron chi connectivity index (χ4n) is 2.76. The van der Waals surface area contributed by atoms with Crippen molar-refractivity contribution in [1.82, 2.24) is 19.8 Å². The highest BCUT2D eigenvalue weighted by Gasteiger charge is 2.03. The lowest BCUT2D eigenvalue weighted by atomic mass is 10.1. The van der Waals surface area contributed by atoms with Crippen LogP contribution in [-0.2, 0) is 19.6 Å². The molecule has 124 valence electrons. The van der Waals surface area contributed by atoms with Crippen LogP contribution in [0, 0.1) is 0 Å². The third-order valence-corrected chi connectivity index (χ3v) is 3.99. The summed E-state index contributed by atoms with van der Waals surface area (Å²) in [5.74, 6) is 0. The SMILES string of the molecule is CN(C)Cc1ccccc1CNCc1ccc(-n2ccnc2)cc1. The Morgan fingerprint density at radius 1 is 0.958 bits per heavy atom. The van der Waals surface area contributed by atoms with Crippen molar-refractivity contribution < 1.29 is 0 Å². The third-order valence-electron chi connectivity index (χ3n) is 3.99. The van der Waals surface area contributed by atoms with Crippen LogP contribution in [-0.4, -0.2) is 28.5 Å². The summed E-state index contributed by atoms with van der Waals surface area (Å²) in [4.78, 5) is 6.28. The molecule has 0 spiro atoms. The molecule has 0 aliphatic heterocycles. The lowest BCUT2D eigenvalue weighted by Crippen LogP contribution is -2.17. The van der Waals surface area contributed by atoms with Gasteiger partial charge in [0.1, 0.15) is 0 Å². The Balaban J connectivity index is 1.57. The zero-order chi connectivity index (χ0) is 16.8. The van der Waals surface area contributed by atoms with E-state index in [9.17, 15) is 0 Å². The Labute approximate surface area is 143 Å². The van der Waals surface area contributed by atoms with Crippen molar-refractivity contribution in [2.45, 2.75) is 19.6 Å². The molecule has 1 aromatic heterocycles. The predicted octanol–water partition coefficient (Wildman–Crippen LogP) is 3.22. The molecule has 1 N–H and O–H groups in total. The van der Waals surface area contributed by atoms with Gasteiger partial charge in [0.05, 0.1) is 6.33 Å². The Hall–Kier alpha value is -2.43. The van der Waals surface area contributed by atoms with Crippen molar-refractivity contribution in [2.75, 3.05) is 14.1 Å². The topological polar surface area (TPSA) is 33.1 Å². The fourth-order valence-corrected chi connectivity index (χ4v) is 2.76. The van der Waals surface area contributed by atoms with E-state index in [1.165, 1.54) is 16.7 Å². The number of aromatic nitrogens is 2. The number of rotatable bonds is 7. The summed E-state index contributed by atoms with van der Waals surface area (Å²) in [6.07, 6.45) is 5.56. The van der Waals surface area contributed by atoms with Crippen LogP contribution >= 0.6 is 0 Å². The van der Waals surface area contributed by atoms with Gasteiger partial charge in [-0.2, -0.15) is 0 Å². The molecule has 24 heavy (non-hydrogen) atoms. The van der Waals surface area contributed by atoms with Crippen LogP contribution in [0.25, 0.3) is 5.69 Å². The first-order valence-electron chi connectivity index (χ1n) is 8.22. The lowest BCUT2D eigenvalue weighted by molar-refractivity contribution is 0.400. The largest absolute Gasteiger partial charge is 0.309 e. The second kappa shape index (κ2) is 7.90. The highest BCUT2D eigenvalue weighted by Crippen LogP contribution is 2.12. The molecule has 0 bridgehead atoms. The molecule has 3 rings (SSSR count). The van der Waals surface area contributed by atoms with Gasteiger partial charge in [0.2, 0.25) is 0 Å². The van der Waals surface area contributed by atoms with Gasteiger partial charge in [-0.1, -0.05) is 36.4 Å². The van der Waals surface area contributed by atoms with E-state index in [2.05, 4.69) is 77.8 Å². The number of imidazole rings is 1. The minimum Gasteiger partial charge on any atom is -0.309 e. The maximum atomic E-state index is 4.08. The number of benzene rings is 2. The summed E-state index contributed by atoms with van der Waals surface area (Å²) in [5.41, 5.74) is 5.16. The standard InChI is InChI=1S/C20H24N4/c1-23(2)15-19-6-4-3-5-18(19)14-22-13-17-7-9-20(10-8-17)24-12-11-21-16-24/h3-12,16,22H,13-15H2,1-2H3. The summed E-state index contributed by atoms with van der Waals surface area (Å²) in [6, 6.07) is 17.2. The summed E-state index contributed by atoms with van der Waals surface area (Å²) in [5, 5.41) is 3.55. The first kappa shape index (κ1) is 16.4. The van der Waals surface area contributed by atoms with E-state index in [-0.39, 0.29) is 0 Å². The Kier molecular flexibility index (Phi) is 5.41. The second-order valence-electron chi connectivity index (χ2n) is 6.25. The summed E-state index contributed by atoms with van der Waals surface area (Å²) >= 11 is 0. The lowest BCUT2D eigenvalue weighted by Gasteiger charge is -2.14. The van der Waals surface area contributed by atoms with E-state index in [0.29, 0.717) is 0 Å². The first-order chi connectivity index (χ1) is 11.7. The van der Waals surface area contributed by atoms with Crippen LogP contribution in [0.5, 0.6) is 0 Å². The minimum absolute atomic E-state index is 0.862. The van der Waals surface area contributed by atoms with E-state index in [4.69, 9.17) is 0 Å². The number of nitrogens with one attached hydrogen (secondary N) is 1. The van der Waals surface area contributed by atoms with E-state index < -0.39 is 0 Å². The summed E-state index contributed by atoms with van der Waals surface area (Å²) in [7, 11) is 4.21. The zero-order valence-electron chi connectivity index (χ0n) is 14.3. The van der Waals surface area contributed by atoms with E-state index >= 15 is 0 Å². The average Bonchev–Trinajstić information content (AvgIpc) is 3.11. The predicted molar refractivity (Wildman–Crippen MR) is 97.9 cm³/mol. The number of hydrogen-bond donors (Lipinski definition) is 1. The van der Waals surface area contributed by atoms with E-state index in [1.807, 2.05) is 17.1 Å². The molecule has 0 fully saturated rings. The van der Waals surface area contributed by atoms with Crippen molar-refractivity contribution >= 4 is 0 Å². The average molecular weight is 320 g/mol. The van der Waals surface area contributed by atoms with Gasteiger partial charge in [0.25, 0.3) is 0 Å². The maximum Gasteiger partial charge on any atom is 0.0991 e. The molecular formula is C20H24N4. The quantitative estimate of drug-likeness (QED) is 0.725. The van der Waals surface area contributed by atoms with Gasteiger partial charge in [0.15, 0.2) is 0 Å². The number of hydrogen-bond acceptors (Lipinski definition) is 3. The monoisotopic (exact) mass is 320 g/mol. The molecular weight excluding hydrogens is 296 g/mol.